The summed E-state index contributed by atoms with van der Waals surface area (Å²) >= 11 is 0. The van der Waals surface area contributed by atoms with Gasteiger partial charge in [-0.2, -0.15) is 0 Å². The number of ether oxygens (including phenoxy) is 1. The van der Waals surface area contributed by atoms with E-state index in [1.54, 1.807) is 7.11 Å². The molecule has 0 saturated heterocycles. The number of aryl methyl sites for hydroxylation is 1. The number of hydrogen-bond acceptors (Lipinski definition) is 1. The molecule has 120 valence electrons. The maximum atomic E-state index is 5.30. The normalized spacial score (nSPS) is 11.8. The van der Waals surface area contributed by atoms with Crippen molar-refractivity contribution in [3.05, 3.63) is 101 Å². The average molecular weight is 314 g/mol. The SMILES string of the molecule is COc1ccc(/C(=C(\C)c2ccc(C)cc2)c2ccccc2)cc1. The first-order valence-electron chi connectivity index (χ1n) is 8.17. The fourth-order valence-electron chi connectivity index (χ4n) is 2.91. The first-order chi connectivity index (χ1) is 11.7. The number of rotatable bonds is 4. The van der Waals surface area contributed by atoms with Gasteiger partial charge in [-0.3, -0.25) is 0 Å². The van der Waals surface area contributed by atoms with Crippen LogP contribution in [0.2, 0.25) is 0 Å². The molecule has 0 bridgehead atoms. The molecule has 1 nitrogen and oxygen atoms in total. The number of hydrogen-bond donors (Lipinski definition) is 0. The van der Waals surface area contributed by atoms with Gasteiger partial charge in [-0.15, -0.1) is 0 Å². The van der Waals surface area contributed by atoms with Crippen LogP contribution in [0.15, 0.2) is 78.9 Å². The maximum absolute atomic E-state index is 5.30. The number of benzene rings is 3. The summed E-state index contributed by atoms with van der Waals surface area (Å²) in [6, 6.07) is 27.5. The van der Waals surface area contributed by atoms with Crippen LogP contribution in [0.1, 0.15) is 29.2 Å². The summed E-state index contributed by atoms with van der Waals surface area (Å²) in [7, 11) is 1.69. The van der Waals surface area contributed by atoms with Crippen molar-refractivity contribution in [3.8, 4) is 5.75 Å². The monoisotopic (exact) mass is 314 g/mol. The van der Waals surface area contributed by atoms with E-state index in [1.807, 2.05) is 12.1 Å². The molecule has 3 aromatic carbocycles. The lowest BCUT2D eigenvalue weighted by Crippen LogP contribution is -1.93. The third-order valence-corrected chi connectivity index (χ3v) is 4.30. The van der Waals surface area contributed by atoms with Gasteiger partial charge in [0, 0.05) is 0 Å². The number of allylic oxidation sites excluding steroid dienone is 1. The van der Waals surface area contributed by atoms with Gasteiger partial charge in [-0.05, 0) is 53.8 Å². The highest BCUT2D eigenvalue weighted by Gasteiger charge is 2.10. The fraction of sp³-hybridized carbons (Fsp3) is 0.130. The second kappa shape index (κ2) is 7.18. The van der Waals surface area contributed by atoms with E-state index in [-0.39, 0.29) is 0 Å². The van der Waals surface area contributed by atoms with Crippen molar-refractivity contribution in [2.45, 2.75) is 13.8 Å². The van der Waals surface area contributed by atoms with Crippen LogP contribution in [0.25, 0.3) is 11.1 Å². The predicted molar refractivity (Wildman–Crippen MR) is 102 cm³/mol. The lowest BCUT2D eigenvalue weighted by molar-refractivity contribution is 0.415. The molecule has 24 heavy (non-hydrogen) atoms. The Morgan fingerprint density at radius 1 is 0.667 bits per heavy atom. The minimum Gasteiger partial charge on any atom is -0.497 e. The third-order valence-electron chi connectivity index (χ3n) is 4.30. The smallest absolute Gasteiger partial charge is 0.118 e. The minimum atomic E-state index is 0.874. The zero-order valence-electron chi connectivity index (χ0n) is 14.4. The van der Waals surface area contributed by atoms with Crippen molar-refractivity contribution < 1.29 is 4.74 Å². The van der Waals surface area contributed by atoms with Crippen LogP contribution in [0.5, 0.6) is 5.75 Å². The lowest BCUT2D eigenvalue weighted by atomic mass is 9.90. The van der Waals surface area contributed by atoms with Crippen LogP contribution in [0.3, 0.4) is 0 Å². The molecule has 0 unspecified atom stereocenters. The molecule has 0 heterocycles. The quantitative estimate of drug-likeness (QED) is 0.538. The predicted octanol–water partition coefficient (Wildman–Crippen LogP) is 5.98. The third kappa shape index (κ3) is 3.41. The molecule has 0 aliphatic heterocycles. The lowest BCUT2D eigenvalue weighted by Gasteiger charge is -2.15. The molecule has 0 aliphatic carbocycles. The molecular formula is C23H22O. The Morgan fingerprint density at radius 3 is 1.79 bits per heavy atom. The van der Waals surface area contributed by atoms with Crippen LogP contribution in [0.4, 0.5) is 0 Å². The summed E-state index contributed by atoms with van der Waals surface area (Å²) in [5, 5.41) is 0. The number of methoxy groups -OCH3 is 1. The average Bonchev–Trinajstić information content (AvgIpc) is 2.64. The van der Waals surface area contributed by atoms with Crippen molar-refractivity contribution in [3.63, 3.8) is 0 Å². The molecule has 0 spiro atoms. The molecule has 0 amide bonds. The second-order valence-electron chi connectivity index (χ2n) is 5.96. The molecule has 0 saturated carbocycles. The van der Waals surface area contributed by atoms with Gasteiger partial charge in [-0.1, -0.05) is 72.3 Å². The zero-order chi connectivity index (χ0) is 16.9. The fourth-order valence-corrected chi connectivity index (χ4v) is 2.91. The summed E-state index contributed by atoms with van der Waals surface area (Å²) in [6.45, 7) is 4.31. The van der Waals surface area contributed by atoms with Gasteiger partial charge >= 0.3 is 0 Å². The first-order valence-corrected chi connectivity index (χ1v) is 8.17. The Morgan fingerprint density at radius 2 is 1.21 bits per heavy atom. The molecule has 0 radical (unpaired) electrons. The highest BCUT2D eigenvalue weighted by atomic mass is 16.5. The van der Waals surface area contributed by atoms with Crippen LogP contribution >= 0.6 is 0 Å². The molecule has 0 N–H and O–H groups in total. The summed E-state index contributed by atoms with van der Waals surface area (Å²) in [6.07, 6.45) is 0. The highest BCUT2D eigenvalue weighted by Crippen LogP contribution is 2.32. The second-order valence-corrected chi connectivity index (χ2v) is 5.96. The molecule has 0 fully saturated rings. The van der Waals surface area contributed by atoms with Gasteiger partial charge in [-0.25, -0.2) is 0 Å². The van der Waals surface area contributed by atoms with Crippen LogP contribution in [-0.4, -0.2) is 7.11 Å². The highest BCUT2D eigenvalue weighted by molar-refractivity contribution is 5.97. The van der Waals surface area contributed by atoms with Crippen molar-refractivity contribution >= 4 is 11.1 Å². The molecule has 0 atom stereocenters. The molecule has 3 rings (SSSR count). The summed E-state index contributed by atoms with van der Waals surface area (Å²) in [5.74, 6) is 0.874. The summed E-state index contributed by atoms with van der Waals surface area (Å²) in [5.41, 5.74) is 7.46. The van der Waals surface area contributed by atoms with E-state index >= 15 is 0 Å². The van der Waals surface area contributed by atoms with Crippen molar-refractivity contribution in [1.82, 2.24) is 0 Å². The van der Waals surface area contributed by atoms with Gasteiger partial charge in [0.25, 0.3) is 0 Å². The van der Waals surface area contributed by atoms with E-state index in [9.17, 15) is 0 Å². The van der Waals surface area contributed by atoms with Gasteiger partial charge in [0.15, 0.2) is 0 Å². The van der Waals surface area contributed by atoms with Gasteiger partial charge in [0.05, 0.1) is 7.11 Å². The van der Waals surface area contributed by atoms with E-state index in [0.717, 1.165) is 5.75 Å². The van der Waals surface area contributed by atoms with E-state index in [1.165, 1.54) is 33.4 Å². The molecule has 0 aromatic heterocycles. The topological polar surface area (TPSA) is 9.23 Å². The van der Waals surface area contributed by atoms with Crippen LogP contribution in [-0.2, 0) is 0 Å². The largest absolute Gasteiger partial charge is 0.497 e. The first kappa shape index (κ1) is 16.1. The minimum absolute atomic E-state index is 0.874. The zero-order valence-corrected chi connectivity index (χ0v) is 14.4. The van der Waals surface area contributed by atoms with Crippen molar-refractivity contribution in [2.75, 3.05) is 7.11 Å². The standard InChI is InChI=1S/C23H22O/c1-17-9-11-19(12-10-17)18(2)23(20-7-5-4-6-8-20)21-13-15-22(24-3)16-14-21/h4-16H,1-3H3/b23-18+. The van der Waals surface area contributed by atoms with Crippen molar-refractivity contribution in [1.29, 1.82) is 0 Å². The Balaban J connectivity index is 2.17. The molecular weight excluding hydrogens is 292 g/mol. The maximum Gasteiger partial charge on any atom is 0.118 e. The Bertz CT molecular complexity index is 825. The van der Waals surface area contributed by atoms with Crippen molar-refractivity contribution in [2.24, 2.45) is 0 Å². The Labute approximate surface area is 144 Å². The van der Waals surface area contributed by atoms with Gasteiger partial charge in [0.1, 0.15) is 5.75 Å². The van der Waals surface area contributed by atoms with Crippen LogP contribution in [0, 0.1) is 6.92 Å². The van der Waals surface area contributed by atoms with Crippen LogP contribution < -0.4 is 4.74 Å². The van der Waals surface area contributed by atoms with E-state index < -0.39 is 0 Å². The summed E-state index contributed by atoms with van der Waals surface area (Å²) in [4.78, 5) is 0. The molecule has 1 heteroatoms. The van der Waals surface area contributed by atoms with Gasteiger partial charge < -0.3 is 4.74 Å². The Hall–Kier alpha value is -2.80. The van der Waals surface area contributed by atoms with E-state index in [4.69, 9.17) is 4.74 Å². The van der Waals surface area contributed by atoms with Gasteiger partial charge in [0.2, 0.25) is 0 Å². The van der Waals surface area contributed by atoms with E-state index in [2.05, 4.69) is 80.6 Å². The summed E-state index contributed by atoms with van der Waals surface area (Å²) < 4.78 is 5.30. The molecule has 0 aliphatic rings. The molecule has 3 aromatic rings. The Kier molecular flexibility index (Phi) is 4.81. The van der Waals surface area contributed by atoms with E-state index in [0.29, 0.717) is 0 Å².